The molecule has 2 aromatic heterocycles. The topological polar surface area (TPSA) is 0 Å². The van der Waals surface area contributed by atoms with Gasteiger partial charge in [-0.05, 0) is 82.9 Å². The molecule has 0 nitrogen and oxygen atoms in total. The first-order valence-electron chi connectivity index (χ1n) is 12.2. The summed E-state index contributed by atoms with van der Waals surface area (Å²) in [6.45, 7) is 2.26. The van der Waals surface area contributed by atoms with Gasteiger partial charge in [-0.25, -0.2) is 0 Å². The SMILES string of the molecule is CCCCCCc1ccc(C#Cc2ccc3cc4c(cc3c2)sc2cc3ccccc3cc24)s1. The second-order valence-electron chi connectivity index (χ2n) is 9.03. The maximum Gasteiger partial charge on any atom is 0.0775 e. The highest BCUT2D eigenvalue weighted by Gasteiger charge is 2.08. The summed E-state index contributed by atoms with van der Waals surface area (Å²) in [5, 5.41) is 7.85. The van der Waals surface area contributed by atoms with Gasteiger partial charge >= 0.3 is 0 Å². The van der Waals surface area contributed by atoms with Crippen molar-refractivity contribution in [1.82, 2.24) is 0 Å². The fraction of sp³-hybridized carbons (Fsp3) is 0.188. The molecule has 0 atom stereocenters. The third-order valence-corrected chi connectivity index (χ3v) is 8.74. The molecule has 0 aliphatic heterocycles. The van der Waals surface area contributed by atoms with Gasteiger partial charge in [0.2, 0.25) is 0 Å². The smallest absolute Gasteiger partial charge is 0.0775 e. The Morgan fingerprint density at radius 3 is 2.15 bits per heavy atom. The number of fused-ring (bicyclic) bond motifs is 5. The first-order valence-corrected chi connectivity index (χ1v) is 13.8. The summed E-state index contributed by atoms with van der Waals surface area (Å²) in [5.74, 6) is 6.80. The molecule has 4 aromatic carbocycles. The molecule has 2 heterocycles. The van der Waals surface area contributed by atoms with Gasteiger partial charge in [0.05, 0.1) is 4.88 Å². The highest BCUT2D eigenvalue weighted by molar-refractivity contribution is 7.26. The predicted molar refractivity (Wildman–Crippen MR) is 152 cm³/mol. The van der Waals surface area contributed by atoms with Crippen LogP contribution in [-0.2, 0) is 6.42 Å². The Morgan fingerprint density at radius 1 is 0.618 bits per heavy atom. The van der Waals surface area contributed by atoms with Gasteiger partial charge in [0.1, 0.15) is 0 Å². The minimum absolute atomic E-state index is 1.08. The second kappa shape index (κ2) is 9.26. The first kappa shape index (κ1) is 21.4. The maximum absolute atomic E-state index is 3.40. The molecule has 2 heteroatoms. The van der Waals surface area contributed by atoms with Gasteiger partial charge in [-0.3, -0.25) is 0 Å². The molecular formula is C32H26S2. The second-order valence-corrected chi connectivity index (χ2v) is 11.3. The van der Waals surface area contributed by atoms with Crippen LogP contribution in [0.1, 0.15) is 47.9 Å². The van der Waals surface area contributed by atoms with Gasteiger partial charge in [0, 0.05) is 30.6 Å². The fourth-order valence-electron chi connectivity index (χ4n) is 4.72. The van der Waals surface area contributed by atoms with Crippen LogP contribution in [0.5, 0.6) is 0 Å². The highest BCUT2D eigenvalue weighted by Crippen LogP contribution is 2.38. The number of hydrogen-bond donors (Lipinski definition) is 0. The number of thiophene rings is 2. The summed E-state index contributed by atoms with van der Waals surface area (Å²) in [7, 11) is 0. The van der Waals surface area contributed by atoms with Crippen molar-refractivity contribution >= 4 is 64.4 Å². The summed E-state index contributed by atoms with van der Waals surface area (Å²) in [5.41, 5.74) is 1.08. The molecule has 0 radical (unpaired) electrons. The number of aryl methyl sites for hydroxylation is 1. The minimum Gasteiger partial charge on any atom is -0.135 e. The Balaban J connectivity index is 1.31. The van der Waals surface area contributed by atoms with E-state index in [0.29, 0.717) is 0 Å². The van der Waals surface area contributed by atoms with Crippen LogP contribution in [0.15, 0.2) is 78.9 Å². The van der Waals surface area contributed by atoms with Crippen LogP contribution >= 0.6 is 22.7 Å². The van der Waals surface area contributed by atoms with Gasteiger partial charge in [-0.2, -0.15) is 0 Å². The molecule has 34 heavy (non-hydrogen) atoms. The zero-order valence-electron chi connectivity index (χ0n) is 19.4. The molecule has 6 aromatic rings. The lowest BCUT2D eigenvalue weighted by Crippen LogP contribution is -1.80. The van der Waals surface area contributed by atoms with Gasteiger partial charge in [-0.1, -0.05) is 68.4 Å². The van der Waals surface area contributed by atoms with Gasteiger partial charge in [0.25, 0.3) is 0 Å². The summed E-state index contributed by atoms with van der Waals surface area (Å²) >= 11 is 3.73. The van der Waals surface area contributed by atoms with E-state index in [4.69, 9.17) is 0 Å². The Bertz CT molecular complexity index is 1700. The molecule has 0 unspecified atom stereocenters. The van der Waals surface area contributed by atoms with E-state index in [1.54, 1.807) is 0 Å². The molecule has 166 valence electrons. The molecule has 0 saturated heterocycles. The largest absolute Gasteiger partial charge is 0.135 e. The van der Waals surface area contributed by atoms with Gasteiger partial charge in [0.15, 0.2) is 0 Å². The van der Waals surface area contributed by atoms with Crippen LogP contribution in [0, 0.1) is 11.8 Å². The van der Waals surface area contributed by atoms with Crippen molar-refractivity contribution in [2.45, 2.75) is 39.0 Å². The van der Waals surface area contributed by atoms with E-state index in [0.717, 1.165) is 10.4 Å². The Kier molecular flexibility index (Phi) is 5.83. The molecular weight excluding hydrogens is 448 g/mol. The maximum atomic E-state index is 3.40. The summed E-state index contributed by atoms with van der Waals surface area (Å²) in [4.78, 5) is 2.62. The predicted octanol–water partition coefficient (Wildman–Crippen LogP) is 9.94. The summed E-state index contributed by atoms with van der Waals surface area (Å²) in [6, 6.07) is 29.0. The number of benzene rings is 4. The van der Waals surface area contributed by atoms with E-state index >= 15 is 0 Å². The zero-order chi connectivity index (χ0) is 22.9. The molecule has 0 amide bonds. The molecule has 0 saturated carbocycles. The van der Waals surface area contributed by atoms with E-state index in [-0.39, 0.29) is 0 Å². The van der Waals surface area contributed by atoms with Crippen LogP contribution in [0.3, 0.4) is 0 Å². The van der Waals surface area contributed by atoms with Crippen molar-refractivity contribution in [2.75, 3.05) is 0 Å². The van der Waals surface area contributed by atoms with Crippen LogP contribution in [0.25, 0.3) is 41.7 Å². The van der Waals surface area contributed by atoms with E-state index in [1.807, 2.05) is 22.7 Å². The number of hydrogen-bond acceptors (Lipinski definition) is 2. The summed E-state index contributed by atoms with van der Waals surface area (Å²) in [6.07, 6.45) is 6.43. The first-order chi connectivity index (χ1) is 16.8. The summed E-state index contributed by atoms with van der Waals surface area (Å²) < 4.78 is 2.70. The zero-order valence-corrected chi connectivity index (χ0v) is 21.0. The molecule has 0 fully saturated rings. The van der Waals surface area contributed by atoms with Gasteiger partial charge in [-0.15, -0.1) is 22.7 Å². The minimum atomic E-state index is 1.08. The molecule has 6 rings (SSSR count). The average molecular weight is 475 g/mol. The van der Waals surface area contributed by atoms with Gasteiger partial charge < -0.3 is 0 Å². The Morgan fingerprint density at radius 2 is 1.35 bits per heavy atom. The van der Waals surface area contributed by atoms with Crippen molar-refractivity contribution in [3.05, 3.63) is 94.2 Å². The molecule has 0 N–H and O–H groups in total. The van der Waals surface area contributed by atoms with Crippen molar-refractivity contribution in [3.63, 3.8) is 0 Å². The van der Waals surface area contributed by atoms with Crippen LogP contribution in [-0.4, -0.2) is 0 Å². The van der Waals surface area contributed by atoms with Crippen molar-refractivity contribution in [1.29, 1.82) is 0 Å². The van der Waals surface area contributed by atoms with Crippen molar-refractivity contribution < 1.29 is 0 Å². The quantitative estimate of drug-likeness (QED) is 0.172. The van der Waals surface area contributed by atoms with E-state index in [9.17, 15) is 0 Å². The third-order valence-electron chi connectivity index (χ3n) is 6.57. The third kappa shape index (κ3) is 4.23. The van der Waals surface area contributed by atoms with Crippen LogP contribution in [0.4, 0.5) is 0 Å². The van der Waals surface area contributed by atoms with Crippen LogP contribution < -0.4 is 0 Å². The number of rotatable bonds is 5. The average Bonchev–Trinajstić information content (AvgIpc) is 3.46. The number of unbranched alkanes of at least 4 members (excludes halogenated alkanes) is 3. The Hall–Kier alpha value is -3.12. The van der Waals surface area contributed by atoms with E-state index < -0.39 is 0 Å². The van der Waals surface area contributed by atoms with E-state index in [2.05, 4.69) is 97.6 Å². The highest BCUT2D eigenvalue weighted by atomic mass is 32.1. The molecule has 0 aliphatic rings. The fourth-order valence-corrected chi connectivity index (χ4v) is 6.79. The molecule has 0 aliphatic carbocycles. The normalized spacial score (nSPS) is 11.4. The van der Waals surface area contributed by atoms with Crippen LogP contribution in [0.2, 0.25) is 0 Å². The molecule has 0 spiro atoms. The standard InChI is InChI=1S/C32H26S2/c1-2-3-4-5-10-27-15-16-28(33-27)14-12-22-11-13-25-19-30-29-18-23-8-6-7-9-24(23)20-31(29)34-32(30)21-26(25)17-22/h6-9,11,13,15-21H,2-5,10H2,1H3. The lowest BCUT2D eigenvalue weighted by Gasteiger charge is -2.01. The monoisotopic (exact) mass is 474 g/mol. The van der Waals surface area contributed by atoms with Crippen molar-refractivity contribution in [3.8, 4) is 11.8 Å². The lowest BCUT2D eigenvalue weighted by atomic mass is 10.0. The molecule has 0 bridgehead atoms. The van der Waals surface area contributed by atoms with Crippen molar-refractivity contribution in [2.24, 2.45) is 0 Å². The Labute approximate surface area is 208 Å². The van der Waals surface area contributed by atoms with E-state index in [1.165, 1.54) is 78.7 Å². The lowest BCUT2D eigenvalue weighted by molar-refractivity contribution is 0.670.